The van der Waals surface area contributed by atoms with Crippen molar-refractivity contribution in [3.63, 3.8) is 0 Å². The number of nitrogens with one attached hydrogen (secondary N) is 4. The first kappa shape index (κ1) is 25.8. The number of hydrogen-bond acceptors (Lipinski definition) is 8. The fraction of sp³-hybridized carbons (Fsp3) is 0.304. The van der Waals surface area contributed by atoms with Gasteiger partial charge >= 0.3 is 5.97 Å². The summed E-state index contributed by atoms with van der Waals surface area (Å²) in [7, 11) is 0. The molecule has 2 aromatic rings. The summed E-state index contributed by atoms with van der Waals surface area (Å²) in [6.07, 6.45) is 0.998. The fourth-order valence-corrected chi connectivity index (χ4v) is 3.38. The zero-order valence-corrected chi connectivity index (χ0v) is 20.3. The van der Waals surface area contributed by atoms with E-state index in [0.29, 0.717) is 18.9 Å². The Kier molecular flexibility index (Phi) is 9.30. The molecule has 0 saturated carbocycles. The average molecular weight is 548 g/mol. The molecular weight excluding hydrogens is 522 g/mol. The molecule has 1 heterocycles. The summed E-state index contributed by atoms with van der Waals surface area (Å²) in [5, 5.41) is 30.7. The number of carbonyl (C=O) groups excluding carboxylic acids is 2. The highest BCUT2D eigenvalue weighted by atomic mass is 79.9. The molecule has 6 N–H and O–H groups in total. The van der Waals surface area contributed by atoms with Crippen LogP contribution in [-0.4, -0.2) is 72.8 Å². The van der Waals surface area contributed by atoms with E-state index in [1.54, 1.807) is 12.1 Å². The minimum absolute atomic E-state index is 0.0559. The lowest BCUT2D eigenvalue weighted by Gasteiger charge is -2.17. The minimum atomic E-state index is -1.37. The Balaban J connectivity index is 1.49. The Morgan fingerprint density at radius 1 is 1.14 bits per heavy atom. The largest absolute Gasteiger partial charge is 0.507 e. The second-order valence-electron chi connectivity index (χ2n) is 7.55. The van der Waals surface area contributed by atoms with Crippen LogP contribution in [-0.2, 0) is 4.79 Å². The van der Waals surface area contributed by atoms with Gasteiger partial charge in [-0.2, -0.15) is 0 Å². The molecule has 0 bridgehead atoms. The number of ether oxygens (including phenoxy) is 1. The van der Waals surface area contributed by atoms with Gasteiger partial charge in [-0.3, -0.25) is 14.6 Å². The summed E-state index contributed by atoms with van der Waals surface area (Å²) in [5.41, 5.74) is 0.219. The van der Waals surface area contributed by atoms with E-state index in [0.717, 1.165) is 29.9 Å². The molecule has 0 aliphatic carbocycles. The number of carboxylic acids is 1. The number of aliphatic imine (C=N–C) groups is 1. The van der Waals surface area contributed by atoms with Gasteiger partial charge in [0.05, 0.1) is 12.1 Å². The van der Waals surface area contributed by atoms with Crippen molar-refractivity contribution in [2.75, 3.05) is 32.8 Å². The molecule has 0 radical (unpaired) electrons. The molecule has 0 saturated heterocycles. The molecule has 12 heteroatoms. The molecule has 1 atom stereocenters. The van der Waals surface area contributed by atoms with E-state index in [-0.39, 0.29) is 23.4 Å². The maximum absolute atomic E-state index is 12.5. The average Bonchev–Trinajstić information content (AvgIpc) is 2.85. The highest BCUT2D eigenvalue weighted by molar-refractivity contribution is 9.10. The number of carboxylic acid groups (broad SMARTS) is 1. The van der Waals surface area contributed by atoms with Crippen molar-refractivity contribution in [1.29, 1.82) is 0 Å². The fourth-order valence-electron chi connectivity index (χ4n) is 3.12. The standard InChI is InChI=1S/C23H26BrN5O6/c24-15-4-2-14(3-5-15)20(31)29-18(22(33)34)13-28-21(32)17-7-6-16(12-19(17)30)35-11-10-27-23-25-8-1-9-26-23/h2-7,12,18,30H,1,8-11,13H2,(H,28,32)(H,29,31)(H,33,34)(H2,25,26,27)/t18-/m0/s1. The normalized spacial score (nSPS) is 13.6. The summed E-state index contributed by atoms with van der Waals surface area (Å²) < 4.78 is 6.34. The number of aromatic hydroxyl groups is 1. The number of amides is 2. The minimum Gasteiger partial charge on any atom is -0.507 e. The van der Waals surface area contributed by atoms with E-state index in [1.165, 1.54) is 30.3 Å². The van der Waals surface area contributed by atoms with E-state index in [4.69, 9.17) is 4.74 Å². The van der Waals surface area contributed by atoms with Crippen LogP contribution in [0.2, 0.25) is 0 Å². The molecule has 3 rings (SSSR count). The molecule has 11 nitrogen and oxygen atoms in total. The van der Waals surface area contributed by atoms with Crippen LogP contribution in [0.4, 0.5) is 0 Å². The van der Waals surface area contributed by atoms with Gasteiger partial charge in [0.2, 0.25) is 0 Å². The molecule has 1 aliphatic rings. The van der Waals surface area contributed by atoms with E-state index in [9.17, 15) is 24.6 Å². The van der Waals surface area contributed by atoms with Gasteiger partial charge in [0.1, 0.15) is 24.1 Å². The third-order valence-electron chi connectivity index (χ3n) is 4.95. The SMILES string of the molecule is O=C(N[C@@H](CNC(=O)c1ccc(OCCNC2=NCCCN2)cc1O)C(=O)O)c1ccc(Br)cc1. The smallest absolute Gasteiger partial charge is 0.328 e. The van der Waals surface area contributed by atoms with Gasteiger partial charge in [-0.1, -0.05) is 15.9 Å². The summed E-state index contributed by atoms with van der Waals surface area (Å²) in [4.78, 5) is 40.6. The van der Waals surface area contributed by atoms with Gasteiger partial charge in [0, 0.05) is 35.7 Å². The lowest BCUT2D eigenvalue weighted by molar-refractivity contribution is -0.139. The monoisotopic (exact) mass is 547 g/mol. The van der Waals surface area contributed by atoms with Gasteiger partial charge in [-0.25, -0.2) is 4.79 Å². The molecule has 0 unspecified atom stereocenters. The molecular formula is C23H26BrN5O6. The number of rotatable bonds is 10. The Hall–Kier alpha value is -3.80. The predicted octanol–water partition coefficient (Wildman–Crippen LogP) is 1.09. The Labute approximate surface area is 210 Å². The Morgan fingerprint density at radius 3 is 2.57 bits per heavy atom. The zero-order valence-electron chi connectivity index (χ0n) is 18.7. The van der Waals surface area contributed by atoms with E-state index >= 15 is 0 Å². The molecule has 0 spiro atoms. The number of aliphatic carboxylic acids is 1. The molecule has 0 fully saturated rings. The summed E-state index contributed by atoms with van der Waals surface area (Å²) in [6.45, 7) is 2.08. The number of carbonyl (C=O) groups is 3. The molecule has 35 heavy (non-hydrogen) atoms. The first-order valence-electron chi connectivity index (χ1n) is 10.9. The third-order valence-corrected chi connectivity index (χ3v) is 5.48. The van der Waals surface area contributed by atoms with Crippen molar-refractivity contribution in [2.45, 2.75) is 12.5 Å². The van der Waals surface area contributed by atoms with Crippen LogP contribution in [0.3, 0.4) is 0 Å². The summed E-state index contributed by atoms with van der Waals surface area (Å²) in [5.74, 6) is -1.83. The molecule has 2 amide bonds. The maximum Gasteiger partial charge on any atom is 0.328 e. The Morgan fingerprint density at radius 2 is 1.91 bits per heavy atom. The number of halogens is 1. The van der Waals surface area contributed by atoms with Crippen LogP contribution >= 0.6 is 15.9 Å². The quantitative estimate of drug-likeness (QED) is 0.241. The van der Waals surface area contributed by atoms with E-state index in [2.05, 4.69) is 42.2 Å². The molecule has 0 aromatic heterocycles. The second-order valence-corrected chi connectivity index (χ2v) is 8.46. The number of phenols is 1. The van der Waals surface area contributed by atoms with Crippen LogP contribution in [0.25, 0.3) is 0 Å². The molecule has 1 aliphatic heterocycles. The maximum atomic E-state index is 12.5. The predicted molar refractivity (Wildman–Crippen MR) is 132 cm³/mol. The van der Waals surface area contributed by atoms with Gasteiger partial charge in [0.25, 0.3) is 11.8 Å². The van der Waals surface area contributed by atoms with Gasteiger partial charge in [0.15, 0.2) is 5.96 Å². The van der Waals surface area contributed by atoms with Gasteiger partial charge in [-0.15, -0.1) is 0 Å². The van der Waals surface area contributed by atoms with Crippen molar-refractivity contribution in [3.8, 4) is 11.5 Å². The zero-order chi connectivity index (χ0) is 25.2. The van der Waals surface area contributed by atoms with Crippen LogP contribution in [0.15, 0.2) is 51.9 Å². The first-order valence-corrected chi connectivity index (χ1v) is 11.7. The van der Waals surface area contributed by atoms with Crippen LogP contribution in [0.5, 0.6) is 11.5 Å². The number of nitrogens with zero attached hydrogens (tertiary/aromatic N) is 1. The number of hydrogen-bond donors (Lipinski definition) is 6. The third kappa shape index (κ3) is 7.88. The van der Waals surface area contributed by atoms with Gasteiger partial charge < -0.3 is 36.2 Å². The van der Waals surface area contributed by atoms with Gasteiger partial charge in [-0.05, 0) is 42.8 Å². The first-order chi connectivity index (χ1) is 16.8. The molecule has 186 valence electrons. The van der Waals surface area contributed by atoms with Crippen LogP contribution in [0.1, 0.15) is 27.1 Å². The van der Waals surface area contributed by atoms with E-state index in [1.807, 2.05) is 0 Å². The Bertz CT molecular complexity index is 1090. The number of benzene rings is 2. The lowest BCUT2D eigenvalue weighted by atomic mass is 10.1. The lowest BCUT2D eigenvalue weighted by Crippen LogP contribution is -2.48. The van der Waals surface area contributed by atoms with Crippen molar-refractivity contribution < 1.29 is 29.3 Å². The number of guanidine groups is 1. The van der Waals surface area contributed by atoms with Crippen LogP contribution < -0.4 is 26.0 Å². The highest BCUT2D eigenvalue weighted by Gasteiger charge is 2.22. The van der Waals surface area contributed by atoms with E-state index < -0.39 is 23.8 Å². The second kappa shape index (κ2) is 12.6. The molecule has 2 aromatic carbocycles. The topological polar surface area (TPSA) is 161 Å². The van der Waals surface area contributed by atoms with Crippen LogP contribution in [0, 0.1) is 0 Å². The summed E-state index contributed by atoms with van der Waals surface area (Å²) in [6, 6.07) is 9.21. The van der Waals surface area contributed by atoms with Crippen molar-refractivity contribution in [3.05, 3.63) is 58.1 Å². The van der Waals surface area contributed by atoms with Crippen molar-refractivity contribution in [1.82, 2.24) is 21.3 Å². The number of phenolic OH excluding ortho intramolecular Hbond substituents is 1. The van der Waals surface area contributed by atoms with Crippen molar-refractivity contribution >= 4 is 39.7 Å². The summed E-state index contributed by atoms with van der Waals surface area (Å²) >= 11 is 3.26. The highest BCUT2D eigenvalue weighted by Crippen LogP contribution is 2.23. The van der Waals surface area contributed by atoms with Crippen molar-refractivity contribution in [2.24, 2.45) is 4.99 Å².